The molecule has 0 fully saturated rings. The van der Waals surface area contributed by atoms with E-state index in [1.807, 2.05) is 6.07 Å². The van der Waals surface area contributed by atoms with Crippen molar-refractivity contribution in [3.8, 4) is 6.07 Å². The number of nitrogens with zero attached hydrogens (tertiary/aromatic N) is 1. The van der Waals surface area contributed by atoms with Gasteiger partial charge in [0.15, 0.2) is 0 Å². The summed E-state index contributed by atoms with van der Waals surface area (Å²) in [5, 5.41) is 18.0. The predicted octanol–water partition coefficient (Wildman–Crippen LogP) is 1.88. The number of carbonyl (C=O) groups is 1. The molecule has 16 heavy (non-hydrogen) atoms. The molecule has 4 nitrogen and oxygen atoms in total. The molecule has 0 saturated carbocycles. The van der Waals surface area contributed by atoms with Crippen molar-refractivity contribution < 1.29 is 14.6 Å². The summed E-state index contributed by atoms with van der Waals surface area (Å²) in [6.45, 7) is 1.59. The van der Waals surface area contributed by atoms with Gasteiger partial charge in [-0.3, -0.25) is 0 Å². The number of ether oxygens (including phenoxy) is 1. The van der Waals surface area contributed by atoms with Crippen molar-refractivity contribution in [1.82, 2.24) is 0 Å². The summed E-state index contributed by atoms with van der Waals surface area (Å²) in [5.41, 5.74) is 0.705. The molecule has 0 heterocycles. The third-order valence-electron chi connectivity index (χ3n) is 1.99. The summed E-state index contributed by atoms with van der Waals surface area (Å²) in [6, 6.07) is 4.61. The Bertz CT molecular complexity index is 451. The molecule has 1 aromatic carbocycles. The van der Waals surface area contributed by atoms with Crippen LogP contribution >= 0.6 is 11.6 Å². The van der Waals surface area contributed by atoms with Gasteiger partial charge in [0.25, 0.3) is 0 Å². The van der Waals surface area contributed by atoms with Gasteiger partial charge in [-0.25, -0.2) is 4.79 Å². The van der Waals surface area contributed by atoms with Gasteiger partial charge >= 0.3 is 5.97 Å². The molecule has 0 aliphatic carbocycles. The molecule has 0 saturated heterocycles. The lowest BCUT2D eigenvalue weighted by molar-refractivity contribution is 0.0526. The SMILES string of the molecule is CCOC(=O)c1cc(Cl)c(CO)c(C#N)c1. The molecule has 84 valence electrons. The zero-order valence-corrected chi connectivity index (χ0v) is 9.41. The molecule has 1 N–H and O–H groups in total. The standard InChI is InChI=1S/C11H10ClNO3/c1-2-16-11(15)7-3-8(5-13)9(6-14)10(12)4-7/h3-4,14H,2,6H2,1H3. The Balaban J connectivity index is 3.21. The van der Waals surface area contributed by atoms with E-state index < -0.39 is 5.97 Å². The van der Waals surface area contributed by atoms with Crippen molar-refractivity contribution in [2.75, 3.05) is 6.61 Å². The van der Waals surface area contributed by atoms with E-state index in [1.54, 1.807) is 6.92 Å². The highest BCUT2D eigenvalue weighted by Crippen LogP contribution is 2.22. The van der Waals surface area contributed by atoms with E-state index in [0.29, 0.717) is 5.56 Å². The summed E-state index contributed by atoms with van der Waals surface area (Å²) >= 11 is 5.84. The number of esters is 1. The minimum atomic E-state index is -0.537. The van der Waals surface area contributed by atoms with Gasteiger partial charge in [-0.1, -0.05) is 11.6 Å². The Hall–Kier alpha value is -1.57. The largest absolute Gasteiger partial charge is 0.462 e. The van der Waals surface area contributed by atoms with Gasteiger partial charge < -0.3 is 9.84 Å². The van der Waals surface area contributed by atoms with Crippen LogP contribution < -0.4 is 0 Å². The molecule has 0 atom stereocenters. The monoisotopic (exact) mass is 239 g/mol. The van der Waals surface area contributed by atoms with Crippen LogP contribution in [0.3, 0.4) is 0 Å². The molecular formula is C11H10ClNO3. The number of benzene rings is 1. The van der Waals surface area contributed by atoms with E-state index in [2.05, 4.69) is 0 Å². The fourth-order valence-corrected chi connectivity index (χ4v) is 1.51. The zero-order chi connectivity index (χ0) is 12.1. The number of hydrogen-bond donors (Lipinski definition) is 1. The van der Waals surface area contributed by atoms with E-state index in [1.165, 1.54) is 12.1 Å². The second-order valence-electron chi connectivity index (χ2n) is 2.97. The number of aliphatic hydroxyl groups is 1. The van der Waals surface area contributed by atoms with Crippen molar-refractivity contribution in [2.45, 2.75) is 13.5 Å². The van der Waals surface area contributed by atoms with E-state index in [9.17, 15) is 4.79 Å². The molecule has 1 rings (SSSR count). The van der Waals surface area contributed by atoms with Crippen LogP contribution in [-0.4, -0.2) is 17.7 Å². The summed E-state index contributed by atoms with van der Waals surface area (Å²) in [6.07, 6.45) is 0. The van der Waals surface area contributed by atoms with E-state index in [-0.39, 0.29) is 29.4 Å². The summed E-state index contributed by atoms with van der Waals surface area (Å²) in [4.78, 5) is 11.4. The third-order valence-corrected chi connectivity index (χ3v) is 2.32. The quantitative estimate of drug-likeness (QED) is 0.818. The smallest absolute Gasteiger partial charge is 0.338 e. The number of rotatable bonds is 3. The van der Waals surface area contributed by atoms with Crippen molar-refractivity contribution in [3.05, 3.63) is 33.8 Å². The van der Waals surface area contributed by atoms with Crippen molar-refractivity contribution in [3.63, 3.8) is 0 Å². The minimum Gasteiger partial charge on any atom is -0.462 e. The highest BCUT2D eigenvalue weighted by Gasteiger charge is 2.13. The van der Waals surface area contributed by atoms with Crippen molar-refractivity contribution in [1.29, 1.82) is 5.26 Å². The van der Waals surface area contributed by atoms with Gasteiger partial charge in [-0.15, -0.1) is 0 Å². The molecule has 0 aliphatic heterocycles. The predicted molar refractivity (Wildman–Crippen MR) is 58.0 cm³/mol. The topological polar surface area (TPSA) is 70.3 Å². The Kier molecular flexibility index (Phi) is 4.29. The average molecular weight is 240 g/mol. The molecule has 0 aromatic heterocycles. The van der Waals surface area contributed by atoms with Crippen LogP contribution in [0.5, 0.6) is 0 Å². The van der Waals surface area contributed by atoms with Gasteiger partial charge in [0.2, 0.25) is 0 Å². The maximum absolute atomic E-state index is 11.4. The fraction of sp³-hybridized carbons (Fsp3) is 0.273. The van der Waals surface area contributed by atoms with Gasteiger partial charge in [-0.05, 0) is 19.1 Å². The lowest BCUT2D eigenvalue weighted by Crippen LogP contribution is -2.06. The Morgan fingerprint density at radius 2 is 2.31 bits per heavy atom. The molecule has 0 amide bonds. The second kappa shape index (κ2) is 5.50. The molecule has 0 unspecified atom stereocenters. The summed E-state index contributed by atoms with van der Waals surface area (Å²) in [7, 11) is 0. The van der Waals surface area contributed by atoms with E-state index in [4.69, 9.17) is 26.7 Å². The first-order valence-electron chi connectivity index (χ1n) is 4.64. The number of aliphatic hydroxyl groups excluding tert-OH is 1. The normalized spacial score (nSPS) is 9.62. The minimum absolute atomic E-state index is 0.179. The first kappa shape index (κ1) is 12.5. The second-order valence-corrected chi connectivity index (χ2v) is 3.38. The Morgan fingerprint density at radius 3 is 2.81 bits per heavy atom. The molecule has 0 aliphatic rings. The number of halogens is 1. The molecule has 0 bridgehead atoms. The first-order valence-corrected chi connectivity index (χ1v) is 5.02. The Morgan fingerprint density at radius 1 is 1.62 bits per heavy atom. The summed E-state index contributed by atoms with van der Waals surface area (Å²) < 4.78 is 4.79. The summed E-state index contributed by atoms with van der Waals surface area (Å²) in [5.74, 6) is -0.537. The highest BCUT2D eigenvalue weighted by atomic mass is 35.5. The maximum atomic E-state index is 11.4. The Labute approximate surface area is 98.0 Å². The van der Waals surface area contributed by atoms with E-state index >= 15 is 0 Å². The molecular weight excluding hydrogens is 230 g/mol. The average Bonchev–Trinajstić information content (AvgIpc) is 2.28. The zero-order valence-electron chi connectivity index (χ0n) is 8.66. The van der Waals surface area contributed by atoms with Gasteiger partial charge in [0.05, 0.1) is 30.4 Å². The molecule has 0 radical (unpaired) electrons. The number of hydrogen-bond acceptors (Lipinski definition) is 4. The van der Waals surface area contributed by atoms with Crippen LogP contribution in [0.4, 0.5) is 0 Å². The van der Waals surface area contributed by atoms with Crippen LogP contribution in [0.25, 0.3) is 0 Å². The first-order chi connectivity index (χ1) is 7.63. The highest BCUT2D eigenvalue weighted by molar-refractivity contribution is 6.31. The third kappa shape index (κ3) is 2.51. The molecule has 0 spiro atoms. The van der Waals surface area contributed by atoms with Crippen molar-refractivity contribution in [2.24, 2.45) is 0 Å². The van der Waals surface area contributed by atoms with Gasteiger partial charge in [0, 0.05) is 10.6 Å². The molecule has 1 aromatic rings. The van der Waals surface area contributed by atoms with Crippen LogP contribution in [0, 0.1) is 11.3 Å². The van der Waals surface area contributed by atoms with Crippen LogP contribution in [-0.2, 0) is 11.3 Å². The fourth-order valence-electron chi connectivity index (χ4n) is 1.23. The number of nitriles is 1. The van der Waals surface area contributed by atoms with Crippen LogP contribution in [0.1, 0.15) is 28.4 Å². The van der Waals surface area contributed by atoms with Gasteiger partial charge in [0.1, 0.15) is 0 Å². The maximum Gasteiger partial charge on any atom is 0.338 e. The van der Waals surface area contributed by atoms with Gasteiger partial charge in [-0.2, -0.15) is 5.26 Å². The lowest BCUT2D eigenvalue weighted by atomic mass is 10.1. The number of carbonyl (C=O) groups excluding carboxylic acids is 1. The van der Waals surface area contributed by atoms with Crippen molar-refractivity contribution >= 4 is 17.6 Å². The molecule has 5 heteroatoms. The van der Waals surface area contributed by atoms with E-state index in [0.717, 1.165) is 0 Å². The van der Waals surface area contributed by atoms with Crippen LogP contribution in [0.2, 0.25) is 5.02 Å². The lowest BCUT2D eigenvalue weighted by Gasteiger charge is -2.07. The van der Waals surface area contributed by atoms with Crippen LogP contribution in [0.15, 0.2) is 12.1 Å².